The van der Waals surface area contributed by atoms with Crippen molar-refractivity contribution in [1.82, 2.24) is 4.90 Å². The van der Waals surface area contributed by atoms with Crippen LogP contribution >= 0.6 is 0 Å². The molecule has 0 saturated carbocycles. The molecule has 1 aromatic carbocycles. The molecule has 0 aliphatic carbocycles. The van der Waals surface area contributed by atoms with Gasteiger partial charge in [0.2, 0.25) is 0 Å². The first-order valence-electron chi connectivity index (χ1n) is 6.90. The van der Waals surface area contributed by atoms with Crippen molar-refractivity contribution >= 4 is 0 Å². The highest BCUT2D eigenvalue weighted by molar-refractivity contribution is 5.48. The summed E-state index contributed by atoms with van der Waals surface area (Å²) in [5.74, 6) is 1.58. The Labute approximate surface area is 120 Å². The Balaban J connectivity index is 2.20. The quantitative estimate of drug-likeness (QED) is 0.843. The number of benzene rings is 1. The minimum absolute atomic E-state index is 0.265. The van der Waals surface area contributed by atoms with Gasteiger partial charge in [0.15, 0.2) is 11.5 Å². The molecule has 0 spiro atoms. The van der Waals surface area contributed by atoms with Gasteiger partial charge >= 0.3 is 0 Å². The van der Waals surface area contributed by atoms with Gasteiger partial charge in [-0.05, 0) is 29.7 Å². The van der Waals surface area contributed by atoms with Crippen LogP contribution in [-0.4, -0.2) is 52.0 Å². The third-order valence-electron chi connectivity index (χ3n) is 3.90. The average molecular weight is 280 g/mol. The molecule has 1 aromatic rings. The molecule has 5 heteroatoms. The van der Waals surface area contributed by atoms with E-state index in [0.29, 0.717) is 13.2 Å². The van der Waals surface area contributed by atoms with Crippen LogP contribution in [0.2, 0.25) is 0 Å². The number of nitrogens with zero attached hydrogens (tertiary/aromatic N) is 1. The second-order valence-electron chi connectivity index (χ2n) is 5.04. The Bertz CT molecular complexity index is 451. The molecule has 1 atom stereocenters. The topological polar surface area (TPSA) is 57.0 Å². The Kier molecular flexibility index (Phi) is 5.23. The highest BCUT2D eigenvalue weighted by Gasteiger charge is 2.24. The van der Waals surface area contributed by atoms with E-state index in [9.17, 15) is 0 Å². The number of methoxy groups -OCH3 is 3. The lowest BCUT2D eigenvalue weighted by Gasteiger charge is -2.35. The number of rotatable bonds is 6. The molecule has 1 unspecified atom stereocenters. The van der Waals surface area contributed by atoms with Crippen molar-refractivity contribution in [3.63, 3.8) is 0 Å². The third-order valence-corrected chi connectivity index (χ3v) is 3.90. The van der Waals surface area contributed by atoms with Crippen LogP contribution in [0, 0.1) is 0 Å². The van der Waals surface area contributed by atoms with Crippen molar-refractivity contribution in [1.29, 1.82) is 0 Å². The summed E-state index contributed by atoms with van der Waals surface area (Å²) in [4.78, 5) is 2.37. The maximum atomic E-state index is 5.85. The maximum absolute atomic E-state index is 5.85. The van der Waals surface area contributed by atoms with E-state index in [1.54, 1.807) is 21.3 Å². The molecule has 1 aliphatic heterocycles. The minimum Gasteiger partial charge on any atom is -0.493 e. The van der Waals surface area contributed by atoms with Gasteiger partial charge in [-0.25, -0.2) is 0 Å². The van der Waals surface area contributed by atoms with E-state index < -0.39 is 0 Å². The standard InChI is InChI=1S/C15H24N2O3/c1-18-10-13(8-16)17-5-4-11-6-14(19-2)15(20-3)7-12(11)9-17/h6-7,13H,4-5,8-10,16H2,1-3H3. The zero-order valence-corrected chi connectivity index (χ0v) is 12.5. The first kappa shape index (κ1) is 15.1. The predicted molar refractivity (Wildman–Crippen MR) is 78.4 cm³/mol. The second-order valence-corrected chi connectivity index (χ2v) is 5.04. The van der Waals surface area contributed by atoms with Crippen LogP contribution in [0.25, 0.3) is 0 Å². The lowest BCUT2D eigenvalue weighted by Crippen LogP contribution is -2.45. The molecule has 0 bridgehead atoms. The summed E-state index contributed by atoms with van der Waals surface area (Å²) in [6.45, 7) is 3.14. The molecule has 0 fully saturated rings. The van der Waals surface area contributed by atoms with Gasteiger partial charge in [0, 0.05) is 32.8 Å². The minimum atomic E-state index is 0.265. The smallest absolute Gasteiger partial charge is 0.161 e. The van der Waals surface area contributed by atoms with Crippen LogP contribution < -0.4 is 15.2 Å². The SMILES string of the molecule is COCC(CN)N1CCc2cc(OC)c(OC)cc2C1. The molecular weight excluding hydrogens is 256 g/mol. The molecule has 0 radical (unpaired) electrons. The normalized spacial score (nSPS) is 16.6. The van der Waals surface area contributed by atoms with Crippen molar-refractivity contribution in [2.45, 2.75) is 19.0 Å². The Morgan fingerprint density at radius 1 is 1.15 bits per heavy atom. The van der Waals surface area contributed by atoms with Crippen LogP contribution in [0.1, 0.15) is 11.1 Å². The molecule has 0 saturated heterocycles. The first-order chi connectivity index (χ1) is 9.73. The van der Waals surface area contributed by atoms with Gasteiger partial charge in [0.25, 0.3) is 0 Å². The Hall–Kier alpha value is -1.30. The van der Waals surface area contributed by atoms with Gasteiger partial charge in [-0.1, -0.05) is 0 Å². The van der Waals surface area contributed by atoms with E-state index >= 15 is 0 Å². The zero-order valence-electron chi connectivity index (χ0n) is 12.5. The van der Waals surface area contributed by atoms with Crippen molar-refractivity contribution in [3.8, 4) is 11.5 Å². The highest BCUT2D eigenvalue weighted by atomic mass is 16.5. The van der Waals surface area contributed by atoms with Crippen molar-refractivity contribution in [2.75, 3.05) is 41.0 Å². The fraction of sp³-hybridized carbons (Fsp3) is 0.600. The monoisotopic (exact) mass is 280 g/mol. The van der Waals surface area contributed by atoms with Gasteiger partial charge in [-0.15, -0.1) is 0 Å². The number of hydrogen-bond donors (Lipinski definition) is 1. The van der Waals surface area contributed by atoms with E-state index in [0.717, 1.165) is 31.0 Å². The van der Waals surface area contributed by atoms with Crippen molar-refractivity contribution in [2.24, 2.45) is 5.73 Å². The summed E-state index contributed by atoms with van der Waals surface area (Å²) in [6, 6.07) is 4.42. The van der Waals surface area contributed by atoms with Crippen LogP contribution in [0.3, 0.4) is 0 Å². The van der Waals surface area contributed by atoms with E-state index in [4.69, 9.17) is 19.9 Å². The van der Waals surface area contributed by atoms with E-state index in [2.05, 4.69) is 17.0 Å². The summed E-state index contributed by atoms with van der Waals surface area (Å²) >= 11 is 0. The molecule has 2 N–H and O–H groups in total. The molecule has 5 nitrogen and oxygen atoms in total. The van der Waals surface area contributed by atoms with Gasteiger partial charge < -0.3 is 19.9 Å². The molecule has 1 heterocycles. The van der Waals surface area contributed by atoms with Crippen LogP contribution in [0.4, 0.5) is 0 Å². The molecular formula is C15H24N2O3. The van der Waals surface area contributed by atoms with Crippen LogP contribution in [-0.2, 0) is 17.7 Å². The molecule has 112 valence electrons. The summed E-state index contributed by atoms with van der Waals surface area (Å²) in [6.07, 6.45) is 0.996. The summed E-state index contributed by atoms with van der Waals surface area (Å²) in [5.41, 5.74) is 8.45. The van der Waals surface area contributed by atoms with Gasteiger partial charge in [0.05, 0.1) is 20.8 Å². The fourth-order valence-corrected chi connectivity index (χ4v) is 2.73. The van der Waals surface area contributed by atoms with Gasteiger partial charge in [-0.2, -0.15) is 0 Å². The molecule has 0 amide bonds. The van der Waals surface area contributed by atoms with E-state index in [-0.39, 0.29) is 6.04 Å². The fourth-order valence-electron chi connectivity index (χ4n) is 2.73. The number of nitrogens with two attached hydrogens (primary N) is 1. The maximum Gasteiger partial charge on any atom is 0.161 e. The van der Waals surface area contributed by atoms with Crippen LogP contribution in [0.5, 0.6) is 11.5 Å². The summed E-state index contributed by atoms with van der Waals surface area (Å²) < 4.78 is 16.0. The summed E-state index contributed by atoms with van der Waals surface area (Å²) in [5, 5.41) is 0. The van der Waals surface area contributed by atoms with E-state index in [1.807, 2.05) is 0 Å². The second kappa shape index (κ2) is 6.92. The Morgan fingerprint density at radius 3 is 2.35 bits per heavy atom. The van der Waals surface area contributed by atoms with Gasteiger partial charge in [-0.3, -0.25) is 4.90 Å². The zero-order chi connectivity index (χ0) is 14.5. The van der Waals surface area contributed by atoms with Crippen molar-refractivity contribution in [3.05, 3.63) is 23.3 Å². The highest BCUT2D eigenvalue weighted by Crippen LogP contribution is 2.33. The van der Waals surface area contributed by atoms with Crippen molar-refractivity contribution < 1.29 is 14.2 Å². The molecule has 1 aliphatic rings. The molecule has 0 aromatic heterocycles. The lowest BCUT2D eigenvalue weighted by atomic mass is 9.97. The molecule has 2 rings (SSSR count). The third kappa shape index (κ3) is 3.06. The largest absolute Gasteiger partial charge is 0.493 e. The van der Waals surface area contributed by atoms with Gasteiger partial charge in [0.1, 0.15) is 0 Å². The van der Waals surface area contributed by atoms with E-state index in [1.165, 1.54) is 11.1 Å². The number of fused-ring (bicyclic) bond motifs is 1. The first-order valence-corrected chi connectivity index (χ1v) is 6.90. The molecule has 20 heavy (non-hydrogen) atoms. The average Bonchev–Trinajstić information content (AvgIpc) is 2.50. The Morgan fingerprint density at radius 2 is 1.80 bits per heavy atom. The number of ether oxygens (including phenoxy) is 3. The predicted octanol–water partition coefficient (Wildman–Crippen LogP) is 1.04. The number of hydrogen-bond acceptors (Lipinski definition) is 5. The van der Waals surface area contributed by atoms with Crippen LogP contribution in [0.15, 0.2) is 12.1 Å². The summed E-state index contributed by atoms with van der Waals surface area (Å²) in [7, 11) is 5.05. The lowest BCUT2D eigenvalue weighted by molar-refractivity contribution is 0.0854.